The molecule has 0 heterocycles. The summed E-state index contributed by atoms with van der Waals surface area (Å²) in [4.78, 5) is 32.3. The Morgan fingerprint density at radius 3 is 2.04 bits per heavy atom. The van der Waals surface area contributed by atoms with Crippen molar-refractivity contribution in [1.82, 2.24) is 0 Å². The third-order valence-electron chi connectivity index (χ3n) is 4.06. The zero-order valence-electron chi connectivity index (χ0n) is 13.2. The van der Waals surface area contributed by atoms with Gasteiger partial charge in [0.15, 0.2) is 0 Å². The molecule has 0 unspecified atom stereocenters. The third-order valence-corrected chi connectivity index (χ3v) is 6.64. The zero-order valence-corrected chi connectivity index (χ0v) is 14.1. The first-order valence-electron chi connectivity index (χ1n) is 7.61. The monoisotopic (exact) mass is 362 g/mol. The van der Waals surface area contributed by atoms with Crippen molar-refractivity contribution < 1.29 is 23.5 Å². The molecule has 0 spiro atoms. The summed E-state index contributed by atoms with van der Waals surface area (Å²) in [6.07, 6.45) is -0.0191. The van der Waals surface area contributed by atoms with E-state index in [9.17, 15) is 23.5 Å². The van der Waals surface area contributed by atoms with Crippen molar-refractivity contribution in [3.63, 3.8) is 0 Å². The van der Waals surface area contributed by atoms with Crippen LogP contribution >= 0.6 is 7.28 Å². The van der Waals surface area contributed by atoms with Crippen LogP contribution in [0.5, 0.6) is 0 Å². The molecule has 0 fully saturated rings. The normalized spacial score (nSPS) is 13.2. The Kier molecular flexibility index (Phi) is 4.43. The molecular weight excluding hydrogens is 345 g/mol. The van der Waals surface area contributed by atoms with E-state index >= 15 is 0 Å². The van der Waals surface area contributed by atoms with Crippen LogP contribution in [-0.4, -0.2) is 14.7 Å². The number of hydrogen-bond acceptors (Lipinski definition) is 3. The maximum absolute atomic E-state index is 14.0. The van der Waals surface area contributed by atoms with Crippen LogP contribution in [0.15, 0.2) is 72.8 Å². The Balaban J connectivity index is 2.10. The van der Waals surface area contributed by atoms with Crippen molar-refractivity contribution >= 4 is 17.9 Å². The molecule has 0 saturated carbocycles. The fourth-order valence-corrected chi connectivity index (χ4v) is 4.82. The summed E-state index contributed by atoms with van der Waals surface area (Å²) in [5.74, 6) is -1.42. The van der Waals surface area contributed by atoms with Crippen molar-refractivity contribution in [2.24, 2.45) is 0 Å². The SMILES string of the molecule is OP(O)(O)(c1ccccc1)c1ccccc1Cc1ccc(F)cc1F. The van der Waals surface area contributed by atoms with Gasteiger partial charge in [-0.1, -0.05) is 0 Å². The fourth-order valence-electron chi connectivity index (χ4n) is 2.77. The van der Waals surface area contributed by atoms with Crippen molar-refractivity contribution in [3.05, 3.63) is 95.6 Å². The van der Waals surface area contributed by atoms with Gasteiger partial charge in [0.25, 0.3) is 0 Å². The van der Waals surface area contributed by atoms with Gasteiger partial charge in [-0.3, -0.25) is 0 Å². The molecule has 3 rings (SSSR count). The predicted molar refractivity (Wildman–Crippen MR) is 94.9 cm³/mol. The van der Waals surface area contributed by atoms with Crippen LogP contribution in [0.3, 0.4) is 0 Å². The van der Waals surface area contributed by atoms with Gasteiger partial charge in [0.1, 0.15) is 0 Å². The molecule has 130 valence electrons. The second-order valence-corrected chi connectivity index (χ2v) is 8.82. The third kappa shape index (κ3) is 3.46. The van der Waals surface area contributed by atoms with Gasteiger partial charge in [0.05, 0.1) is 0 Å². The van der Waals surface area contributed by atoms with Gasteiger partial charge in [-0.15, -0.1) is 0 Å². The molecule has 0 atom stereocenters. The van der Waals surface area contributed by atoms with Gasteiger partial charge in [0, 0.05) is 0 Å². The van der Waals surface area contributed by atoms with Crippen LogP contribution in [0.1, 0.15) is 11.1 Å². The number of halogens is 2. The van der Waals surface area contributed by atoms with Gasteiger partial charge in [-0.25, -0.2) is 0 Å². The second kappa shape index (κ2) is 6.28. The number of hydrogen-bond donors (Lipinski definition) is 3. The average Bonchev–Trinajstić information content (AvgIpc) is 2.58. The van der Waals surface area contributed by atoms with Crippen molar-refractivity contribution in [2.75, 3.05) is 0 Å². The first kappa shape index (κ1) is 17.6. The molecule has 3 aromatic carbocycles. The van der Waals surface area contributed by atoms with E-state index in [1.165, 1.54) is 24.3 Å². The average molecular weight is 362 g/mol. The van der Waals surface area contributed by atoms with Gasteiger partial charge >= 0.3 is 143 Å². The van der Waals surface area contributed by atoms with Gasteiger partial charge in [-0.05, 0) is 0 Å². The zero-order chi connectivity index (χ0) is 18.1. The van der Waals surface area contributed by atoms with Gasteiger partial charge in [0.2, 0.25) is 0 Å². The minimum absolute atomic E-state index is 0.0134. The summed E-state index contributed by atoms with van der Waals surface area (Å²) in [5, 5.41) is -0.0797. The van der Waals surface area contributed by atoms with Crippen LogP contribution in [0.25, 0.3) is 0 Å². The molecule has 6 heteroatoms. The fraction of sp³-hybridized carbons (Fsp3) is 0.0526. The topological polar surface area (TPSA) is 60.7 Å². The van der Waals surface area contributed by atoms with E-state index in [1.807, 2.05) is 0 Å². The first-order chi connectivity index (χ1) is 11.8. The van der Waals surface area contributed by atoms with E-state index in [4.69, 9.17) is 0 Å². The number of benzene rings is 3. The molecule has 0 aliphatic rings. The molecule has 0 bridgehead atoms. The predicted octanol–water partition coefficient (Wildman–Crippen LogP) is 2.78. The molecule has 0 aromatic heterocycles. The summed E-state index contributed by atoms with van der Waals surface area (Å²) >= 11 is 0. The van der Waals surface area contributed by atoms with Gasteiger partial charge < -0.3 is 0 Å². The first-order valence-corrected chi connectivity index (χ1v) is 9.70. The summed E-state index contributed by atoms with van der Waals surface area (Å²) < 4.78 is 27.0. The second-order valence-electron chi connectivity index (χ2n) is 5.86. The molecule has 3 N–H and O–H groups in total. The van der Waals surface area contributed by atoms with Gasteiger partial charge in [-0.2, -0.15) is 0 Å². The van der Waals surface area contributed by atoms with E-state index in [1.54, 1.807) is 36.4 Å². The molecule has 25 heavy (non-hydrogen) atoms. The molecule has 0 radical (unpaired) electrons. The molecule has 0 aliphatic carbocycles. The summed E-state index contributed by atoms with van der Waals surface area (Å²) in [6.45, 7) is 0. The van der Waals surface area contributed by atoms with Crippen LogP contribution in [-0.2, 0) is 6.42 Å². The molecule has 0 aliphatic heterocycles. The maximum atomic E-state index is 14.0. The minimum atomic E-state index is -5.37. The molecule has 3 aromatic rings. The van der Waals surface area contributed by atoms with E-state index in [0.717, 1.165) is 12.1 Å². The molecule has 3 nitrogen and oxygen atoms in total. The Bertz CT molecular complexity index is 905. The number of rotatable bonds is 4. The van der Waals surface area contributed by atoms with E-state index in [-0.39, 0.29) is 22.6 Å². The van der Waals surface area contributed by atoms with E-state index in [0.29, 0.717) is 5.56 Å². The Morgan fingerprint density at radius 1 is 0.720 bits per heavy atom. The Hall–Kier alpha value is -2.17. The standard InChI is InChI=1S/C19H17F2O3P/c20-16-11-10-14(18(21)13-16)12-15-6-4-5-9-19(15)25(22,23,24)17-7-2-1-3-8-17/h1-11,13,22-24H,12H2. The van der Waals surface area contributed by atoms with Crippen molar-refractivity contribution in [3.8, 4) is 0 Å². The van der Waals surface area contributed by atoms with Crippen LogP contribution in [0.4, 0.5) is 8.78 Å². The van der Waals surface area contributed by atoms with Crippen molar-refractivity contribution in [2.45, 2.75) is 6.42 Å². The summed E-state index contributed by atoms with van der Waals surface area (Å²) in [6, 6.07) is 17.1. The van der Waals surface area contributed by atoms with E-state index < -0.39 is 18.9 Å². The summed E-state index contributed by atoms with van der Waals surface area (Å²) in [7, 11) is -5.37. The van der Waals surface area contributed by atoms with Crippen LogP contribution < -0.4 is 10.6 Å². The molecule has 0 saturated heterocycles. The van der Waals surface area contributed by atoms with Crippen LogP contribution in [0.2, 0.25) is 0 Å². The molecular formula is C19H17F2O3P. The quantitative estimate of drug-likeness (QED) is 0.626. The van der Waals surface area contributed by atoms with E-state index in [2.05, 4.69) is 0 Å². The van der Waals surface area contributed by atoms with Crippen LogP contribution in [0, 0.1) is 11.6 Å². The summed E-state index contributed by atoms with van der Waals surface area (Å²) in [5.41, 5.74) is 0.538. The molecule has 0 amide bonds. The Labute approximate surface area is 144 Å². The Morgan fingerprint density at radius 2 is 1.36 bits per heavy atom. The van der Waals surface area contributed by atoms with Crippen molar-refractivity contribution in [1.29, 1.82) is 0 Å².